The average molecular weight is 383 g/mol. The topological polar surface area (TPSA) is 68.7 Å². The van der Waals surface area contributed by atoms with Crippen LogP contribution in [0, 0.1) is 13.8 Å². The molecule has 0 amide bonds. The molecule has 0 bridgehead atoms. The van der Waals surface area contributed by atoms with Gasteiger partial charge in [-0.25, -0.2) is 4.98 Å². The fraction of sp³-hybridized carbons (Fsp3) is 0.238. The van der Waals surface area contributed by atoms with Gasteiger partial charge in [0, 0.05) is 5.38 Å². The van der Waals surface area contributed by atoms with Gasteiger partial charge in [0.05, 0.1) is 17.7 Å². The van der Waals surface area contributed by atoms with Crippen molar-refractivity contribution in [2.75, 3.05) is 13.2 Å². The van der Waals surface area contributed by atoms with Crippen molar-refractivity contribution in [3.05, 3.63) is 64.7 Å². The number of aliphatic carboxylic acids is 1. The third-order valence-corrected chi connectivity index (χ3v) is 5.01. The number of rotatable bonds is 8. The van der Waals surface area contributed by atoms with Crippen molar-refractivity contribution in [3.63, 3.8) is 0 Å². The van der Waals surface area contributed by atoms with E-state index >= 15 is 0 Å². The summed E-state index contributed by atoms with van der Waals surface area (Å²) in [6, 6.07) is 13.6. The van der Waals surface area contributed by atoms with Crippen LogP contribution in [0.2, 0.25) is 0 Å². The first-order valence-corrected chi connectivity index (χ1v) is 9.49. The molecule has 1 heterocycles. The summed E-state index contributed by atoms with van der Waals surface area (Å²) in [5.41, 5.74) is 3.83. The number of carboxylic acid groups (broad SMARTS) is 1. The molecule has 0 aliphatic carbocycles. The maximum absolute atomic E-state index is 10.8. The minimum atomic E-state index is -0.889. The standard InChI is InChI=1S/C21H21NO4S/c1-14-7-8-17(11-15(14)2)25-9-10-26-19-6-4-3-5-18(19)21-22-16(13-27-21)12-20(23)24/h3-8,11,13H,9-10,12H2,1-2H3,(H,23,24). The van der Waals surface area contributed by atoms with E-state index in [1.807, 2.05) is 42.5 Å². The summed E-state index contributed by atoms with van der Waals surface area (Å²) in [4.78, 5) is 15.2. The number of ether oxygens (including phenoxy) is 2. The zero-order valence-corrected chi connectivity index (χ0v) is 16.1. The van der Waals surface area contributed by atoms with E-state index in [0.29, 0.717) is 24.7 Å². The maximum Gasteiger partial charge on any atom is 0.309 e. The van der Waals surface area contributed by atoms with Gasteiger partial charge in [-0.1, -0.05) is 18.2 Å². The summed E-state index contributed by atoms with van der Waals surface area (Å²) in [7, 11) is 0. The van der Waals surface area contributed by atoms with E-state index in [4.69, 9.17) is 14.6 Å². The quantitative estimate of drug-likeness (QED) is 0.580. The minimum absolute atomic E-state index is 0.0800. The largest absolute Gasteiger partial charge is 0.490 e. The summed E-state index contributed by atoms with van der Waals surface area (Å²) >= 11 is 1.41. The molecule has 0 unspecified atom stereocenters. The summed E-state index contributed by atoms with van der Waals surface area (Å²) in [6.07, 6.45) is -0.0800. The Bertz CT molecular complexity index is 935. The zero-order valence-electron chi connectivity index (χ0n) is 15.3. The smallest absolute Gasteiger partial charge is 0.309 e. The van der Waals surface area contributed by atoms with E-state index in [9.17, 15) is 4.79 Å². The van der Waals surface area contributed by atoms with Crippen LogP contribution in [0.3, 0.4) is 0 Å². The predicted octanol–water partition coefficient (Wildman–Crippen LogP) is 4.51. The number of para-hydroxylation sites is 1. The molecule has 140 valence electrons. The molecule has 0 saturated heterocycles. The Morgan fingerprint density at radius 3 is 2.63 bits per heavy atom. The third-order valence-electron chi connectivity index (χ3n) is 4.09. The molecular weight excluding hydrogens is 362 g/mol. The molecule has 0 fully saturated rings. The van der Waals surface area contributed by atoms with Crippen LogP contribution in [0.4, 0.5) is 0 Å². The van der Waals surface area contributed by atoms with Crippen LogP contribution in [0.25, 0.3) is 10.6 Å². The number of carboxylic acids is 1. The van der Waals surface area contributed by atoms with Gasteiger partial charge in [-0.05, 0) is 49.2 Å². The fourth-order valence-corrected chi connectivity index (χ4v) is 3.40. The van der Waals surface area contributed by atoms with Crippen LogP contribution >= 0.6 is 11.3 Å². The lowest BCUT2D eigenvalue weighted by Crippen LogP contribution is -2.09. The van der Waals surface area contributed by atoms with Crippen LogP contribution < -0.4 is 9.47 Å². The van der Waals surface area contributed by atoms with Gasteiger partial charge in [0.2, 0.25) is 0 Å². The van der Waals surface area contributed by atoms with Gasteiger partial charge >= 0.3 is 5.97 Å². The minimum Gasteiger partial charge on any atom is -0.490 e. The molecule has 0 spiro atoms. The number of aromatic nitrogens is 1. The molecule has 2 aromatic carbocycles. The van der Waals surface area contributed by atoms with Gasteiger partial charge in [0.25, 0.3) is 0 Å². The zero-order chi connectivity index (χ0) is 19.2. The van der Waals surface area contributed by atoms with Gasteiger partial charge < -0.3 is 14.6 Å². The average Bonchev–Trinajstić information content (AvgIpc) is 3.09. The molecule has 0 atom stereocenters. The first kappa shape index (κ1) is 18.9. The van der Waals surface area contributed by atoms with Crippen LogP contribution in [0.15, 0.2) is 47.8 Å². The molecule has 0 saturated carbocycles. The van der Waals surface area contributed by atoms with Crippen molar-refractivity contribution in [2.24, 2.45) is 0 Å². The Kier molecular flexibility index (Phi) is 6.08. The molecule has 3 aromatic rings. The Morgan fingerprint density at radius 1 is 1.07 bits per heavy atom. The number of nitrogens with zero attached hydrogens (tertiary/aromatic N) is 1. The summed E-state index contributed by atoms with van der Waals surface area (Å²) in [5, 5.41) is 11.4. The molecule has 5 nitrogen and oxygen atoms in total. The highest BCUT2D eigenvalue weighted by molar-refractivity contribution is 7.13. The molecule has 1 aromatic heterocycles. The monoisotopic (exact) mass is 383 g/mol. The summed E-state index contributed by atoms with van der Waals surface area (Å²) in [6.45, 7) is 4.96. The van der Waals surface area contributed by atoms with Gasteiger partial charge in [0.15, 0.2) is 0 Å². The van der Waals surface area contributed by atoms with E-state index < -0.39 is 5.97 Å². The second-order valence-corrected chi connectivity index (χ2v) is 7.01. The molecule has 0 aliphatic heterocycles. The maximum atomic E-state index is 10.8. The Hall–Kier alpha value is -2.86. The number of benzene rings is 2. The molecule has 6 heteroatoms. The Morgan fingerprint density at radius 2 is 1.85 bits per heavy atom. The van der Waals surface area contributed by atoms with Crippen LogP contribution in [0.1, 0.15) is 16.8 Å². The van der Waals surface area contributed by atoms with Gasteiger partial charge in [-0.15, -0.1) is 11.3 Å². The molecular formula is C21H21NO4S. The van der Waals surface area contributed by atoms with Gasteiger partial charge in [0.1, 0.15) is 29.7 Å². The lowest BCUT2D eigenvalue weighted by Gasteiger charge is -2.11. The van der Waals surface area contributed by atoms with Crippen LogP contribution in [0.5, 0.6) is 11.5 Å². The van der Waals surface area contributed by atoms with E-state index in [0.717, 1.165) is 16.3 Å². The van der Waals surface area contributed by atoms with E-state index in [1.54, 1.807) is 5.38 Å². The lowest BCUT2D eigenvalue weighted by molar-refractivity contribution is -0.136. The van der Waals surface area contributed by atoms with Crippen molar-refractivity contribution in [1.29, 1.82) is 0 Å². The molecule has 27 heavy (non-hydrogen) atoms. The van der Waals surface area contributed by atoms with Crippen LogP contribution in [-0.2, 0) is 11.2 Å². The van der Waals surface area contributed by atoms with E-state index in [2.05, 4.69) is 18.8 Å². The number of aryl methyl sites for hydroxylation is 2. The predicted molar refractivity (Wildman–Crippen MR) is 106 cm³/mol. The number of carbonyl (C=O) groups is 1. The van der Waals surface area contributed by atoms with Crippen LogP contribution in [-0.4, -0.2) is 29.3 Å². The molecule has 0 aliphatic rings. The number of hydrogen-bond acceptors (Lipinski definition) is 5. The highest BCUT2D eigenvalue weighted by Gasteiger charge is 2.12. The van der Waals surface area contributed by atoms with Crippen molar-refractivity contribution < 1.29 is 19.4 Å². The van der Waals surface area contributed by atoms with E-state index in [1.165, 1.54) is 22.5 Å². The normalized spacial score (nSPS) is 10.6. The van der Waals surface area contributed by atoms with Crippen molar-refractivity contribution >= 4 is 17.3 Å². The van der Waals surface area contributed by atoms with E-state index in [-0.39, 0.29) is 6.42 Å². The number of hydrogen-bond donors (Lipinski definition) is 1. The second-order valence-electron chi connectivity index (χ2n) is 6.15. The van der Waals surface area contributed by atoms with Gasteiger partial charge in [-0.2, -0.15) is 0 Å². The van der Waals surface area contributed by atoms with Crippen molar-refractivity contribution in [2.45, 2.75) is 20.3 Å². The summed E-state index contributed by atoms with van der Waals surface area (Å²) < 4.78 is 11.6. The lowest BCUT2D eigenvalue weighted by atomic mass is 10.1. The molecule has 0 radical (unpaired) electrons. The highest BCUT2D eigenvalue weighted by atomic mass is 32.1. The Labute approximate surface area is 162 Å². The third kappa shape index (κ3) is 5.08. The van der Waals surface area contributed by atoms with Crippen molar-refractivity contribution in [1.82, 2.24) is 4.98 Å². The molecule has 3 rings (SSSR count). The summed E-state index contributed by atoms with van der Waals surface area (Å²) in [5.74, 6) is 0.644. The van der Waals surface area contributed by atoms with Crippen molar-refractivity contribution in [3.8, 4) is 22.1 Å². The van der Waals surface area contributed by atoms with Gasteiger partial charge in [-0.3, -0.25) is 4.79 Å². The first-order chi connectivity index (χ1) is 13.0. The number of thiazole rings is 1. The second kappa shape index (κ2) is 8.68. The fourth-order valence-electron chi connectivity index (χ4n) is 2.55. The highest BCUT2D eigenvalue weighted by Crippen LogP contribution is 2.32. The first-order valence-electron chi connectivity index (χ1n) is 8.61. The molecule has 1 N–H and O–H groups in total. The Balaban J connectivity index is 1.61. The SMILES string of the molecule is Cc1ccc(OCCOc2ccccc2-c2nc(CC(=O)O)cs2)cc1C.